The Morgan fingerprint density at radius 2 is 1.62 bits per heavy atom. The number of amides is 1. The molecule has 174 valence electrons. The number of nitrogens with zero attached hydrogens (tertiary/aromatic N) is 1. The molecule has 9 heteroatoms. The Kier molecular flexibility index (Phi) is 5.93. The van der Waals surface area contributed by atoms with Crippen molar-refractivity contribution < 1.29 is 38.1 Å². The van der Waals surface area contributed by atoms with Gasteiger partial charge in [0.25, 0.3) is 11.7 Å². The molecule has 1 fully saturated rings. The van der Waals surface area contributed by atoms with Crippen LogP contribution in [0.5, 0.6) is 17.2 Å². The maximum atomic E-state index is 14.0. The number of aliphatic hydroxyl groups excluding tert-OH is 1. The Hall–Kier alpha value is -4.40. The SMILES string of the molecule is COc1ccc(OC)c(/C(O)=C2\C(=O)C(=O)N(c3ccc(F)c(F)c3)C2c2ccc(O)cc2)c1. The van der Waals surface area contributed by atoms with Crippen LogP contribution in [0.3, 0.4) is 0 Å². The van der Waals surface area contributed by atoms with Gasteiger partial charge in [0.2, 0.25) is 0 Å². The van der Waals surface area contributed by atoms with Crippen LogP contribution in [0.4, 0.5) is 14.5 Å². The van der Waals surface area contributed by atoms with Crippen molar-refractivity contribution in [2.45, 2.75) is 6.04 Å². The van der Waals surface area contributed by atoms with E-state index in [4.69, 9.17) is 9.47 Å². The number of hydrogen-bond donors (Lipinski definition) is 2. The Morgan fingerprint density at radius 3 is 2.24 bits per heavy atom. The molecule has 0 bridgehead atoms. The van der Waals surface area contributed by atoms with Gasteiger partial charge in [0.1, 0.15) is 23.0 Å². The zero-order chi connectivity index (χ0) is 24.6. The van der Waals surface area contributed by atoms with Gasteiger partial charge in [-0.15, -0.1) is 0 Å². The van der Waals surface area contributed by atoms with Crippen molar-refractivity contribution >= 4 is 23.1 Å². The summed E-state index contributed by atoms with van der Waals surface area (Å²) in [5.41, 5.74) is 0.0433. The summed E-state index contributed by atoms with van der Waals surface area (Å²) in [6, 6.07) is 11.7. The number of rotatable bonds is 5. The van der Waals surface area contributed by atoms with Crippen molar-refractivity contribution in [2.24, 2.45) is 0 Å². The molecule has 7 nitrogen and oxygen atoms in total. The van der Waals surface area contributed by atoms with E-state index in [0.717, 1.165) is 23.1 Å². The summed E-state index contributed by atoms with van der Waals surface area (Å²) in [5, 5.41) is 21.0. The first-order chi connectivity index (χ1) is 16.3. The molecule has 3 aromatic rings. The van der Waals surface area contributed by atoms with Crippen molar-refractivity contribution in [1.82, 2.24) is 0 Å². The van der Waals surface area contributed by atoms with Crippen LogP contribution in [0.25, 0.3) is 5.76 Å². The number of ether oxygens (including phenoxy) is 2. The Labute approximate surface area is 193 Å². The van der Waals surface area contributed by atoms with E-state index in [1.807, 2.05) is 0 Å². The number of phenols is 1. The van der Waals surface area contributed by atoms with Crippen LogP contribution in [-0.4, -0.2) is 36.1 Å². The van der Waals surface area contributed by atoms with Gasteiger partial charge in [-0.1, -0.05) is 12.1 Å². The third-order valence-corrected chi connectivity index (χ3v) is 5.50. The maximum Gasteiger partial charge on any atom is 0.300 e. The third-order valence-electron chi connectivity index (χ3n) is 5.50. The minimum atomic E-state index is -1.21. The molecule has 1 aliphatic rings. The molecule has 34 heavy (non-hydrogen) atoms. The van der Waals surface area contributed by atoms with E-state index < -0.39 is 35.1 Å². The molecule has 1 amide bonds. The number of hydrogen-bond acceptors (Lipinski definition) is 6. The van der Waals surface area contributed by atoms with Crippen LogP contribution in [0, 0.1) is 11.6 Å². The monoisotopic (exact) mass is 467 g/mol. The lowest BCUT2D eigenvalue weighted by Gasteiger charge is -2.25. The van der Waals surface area contributed by atoms with Gasteiger partial charge in [0.15, 0.2) is 11.6 Å². The van der Waals surface area contributed by atoms with E-state index in [2.05, 4.69) is 0 Å². The first-order valence-electron chi connectivity index (χ1n) is 10.0. The number of phenolic OH excluding ortho intramolecular Hbond substituents is 1. The number of benzene rings is 3. The highest BCUT2D eigenvalue weighted by atomic mass is 19.2. The Morgan fingerprint density at radius 1 is 0.912 bits per heavy atom. The van der Waals surface area contributed by atoms with Crippen molar-refractivity contribution in [3.05, 3.63) is 89.0 Å². The molecular weight excluding hydrogens is 448 g/mol. The Bertz CT molecular complexity index is 1320. The first-order valence-corrected chi connectivity index (χ1v) is 10.0. The molecule has 1 aliphatic heterocycles. The van der Waals surface area contributed by atoms with Gasteiger partial charge < -0.3 is 19.7 Å². The maximum absolute atomic E-state index is 14.0. The van der Waals surface area contributed by atoms with Crippen molar-refractivity contribution in [1.29, 1.82) is 0 Å². The Balaban J connectivity index is 1.99. The number of carbonyl (C=O) groups excluding carboxylic acids is 2. The largest absolute Gasteiger partial charge is 0.508 e. The van der Waals surface area contributed by atoms with E-state index in [0.29, 0.717) is 11.3 Å². The number of aliphatic hydroxyl groups is 1. The molecule has 1 unspecified atom stereocenters. The summed E-state index contributed by atoms with van der Waals surface area (Å²) in [6.07, 6.45) is 0. The molecule has 0 radical (unpaired) electrons. The van der Waals surface area contributed by atoms with Crippen LogP contribution < -0.4 is 14.4 Å². The molecule has 1 saturated heterocycles. The molecule has 4 rings (SSSR count). The number of halogens is 2. The quantitative estimate of drug-likeness (QED) is 0.330. The van der Waals surface area contributed by atoms with E-state index in [-0.39, 0.29) is 28.3 Å². The fraction of sp³-hybridized carbons (Fsp3) is 0.120. The van der Waals surface area contributed by atoms with Gasteiger partial charge in [-0.2, -0.15) is 0 Å². The molecule has 3 aromatic carbocycles. The molecule has 0 spiro atoms. The van der Waals surface area contributed by atoms with Gasteiger partial charge in [0.05, 0.1) is 31.4 Å². The van der Waals surface area contributed by atoms with Crippen molar-refractivity contribution in [3.63, 3.8) is 0 Å². The summed E-state index contributed by atoms with van der Waals surface area (Å²) in [7, 11) is 2.79. The highest BCUT2D eigenvalue weighted by Crippen LogP contribution is 2.44. The average molecular weight is 467 g/mol. The highest BCUT2D eigenvalue weighted by molar-refractivity contribution is 6.51. The van der Waals surface area contributed by atoms with Crippen LogP contribution in [0.2, 0.25) is 0 Å². The predicted molar refractivity (Wildman–Crippen MR) is 119 cm³/mol. The molecular formula is C25H19F2NO6. The molecule has 1 atom stereocenters. The number of methoxy groups -OCH3 is 2. The fourth-order valence-corrected chi connectivity index (χ4v) is 3.85. The molecule has 0 saturated carbocycles. The van der Waals surface area contributed by atoms with E-state index in [9.17, 15) is 28.6 Å². The van der Waals surface area contributed by atoms with Gasteiger partial charge in [-0.25, -0.2) is 8.78 Å². The molecule has 2 N–H and O–H groups in total. The lowest BCUT2D eigenvalue weighted by Crippen LogP contribution is -2.29. The first kappa shape index (κ1) is 22.8. The second kappa shape index (κ2) is 8.86. The van der Waals surface area contributed by atoms with Gasteiger partial charge in [-0.3, -0.25) is 14.5 Å². The van der Waals surface area contributed by atoms with Gasteiger partial charge in [0, 0.05) is 11.8 Å². The zero-order valence-electron chi connectivity index (χ0n) is 18.1. The highest BCUT2D eigenvalue weighted by Gasteiger charge is 2.47. The second-order valence-corrected chi connectivity index (χ2v) is 7.43. The number of aromatic hydroxyl groups is 1. The summed E-state index contributed by atoms with van der Waals surface area (Å²) in [6.45, 7) is 0. The van der Waals surface area contributed by atoms with Crippen LogP contribution in [-0.2, 0) is 9.59 Å². The summed E-state index contributed by atoms with van der Waals surface area (Å²) in [5.74, 6) is -4.46. The summed E-state index contributed by atoms with van der Waals surface area (Å²) in [4.78, 5) is 27.2. The summed E-state index contributed by atoms with van der Waals surface area (Å²) < 4.78 is 38.1. The lowest BCUT2D eigenvalue weighted by molar-refractivity contribution is -0.132. The predicted octanol–water partition coefficient (Wildman–Crippen LogP) is 4.31. The van der Waals surface area contributed by atoms with E-state index >= 15 is 0 Å². The van der Waals surface area contributed by atoms with Gasteiger partial charge >= 0.3 is 0 Å². The second-order valence-electron chi connectivity index (χ2n) is 7.43. The van der Waals surface area contributed by atoms with Crippen molar-refractivity contribution in [3.8, 4) is 17.2 Å². The van der Waals surface area contributed by atoms with Gasteiger partial charge in [-0.05, 0) is 48.0 Å². The standard InChI is InChI=1S/C25H19F2NO6/c1-33-16-8-10-20(34-2)17(12-16)23(30)21-22(13-3-6-15(29)7-4-13)28(25(32)24(21)31)14-5-9-18(26)19(27)11-14/h3-12,22,29-30H,1-2H3/b23-21+. The minimum absolute atomic E-state index is 0.0667. The zero-order valence-corrected chi connectivity index (χ0v) is 18.1. The smallest absolute Gasteiger partial charge is 0.300 e. The number of carbonyl (C=O) groups is 2. The number of Topliss-reactive ketones (excluding diaryl/α,β-unsaturated/α-hetero) is 1. The third kappa shape index (κ3) is 3.81. The summed E-state index contributed by atoms with van der Waals surface area (Å²) >= 11 is 0. The molecule has 0 aliphatic carbocycles. The molecule has 0 aromatic heterocycles. The lowest BCUT2D eigenvalue weighted by atomic mass is 9.94. The fourth-order valence-electron chi connectivity index (χ4n) is 3.85. The topological polar surface area (TPSA) is 96.3 Å². The van der Waals surface area contributed by atoms with Crippen LogP contribution in [0.1, 0.15) is 17.2 Å². The number of anilines is 1. The van der Waals surface area contributed by atoms with Crippen molar-refractivity contribution in [2.75, 3.05) is 19.1 Å². The van der Waals surface area contributed by atoms with E-state index in [1.54, 1.807) is 6.07 Å². The van der Waals surface area contributed by atoms with Crippen LogP contribution >= 0.6 is 0 Å². The minimum Gasteiger partial charge on any atom is -0.508 e. The average Bonchev–Trinajstić information content (AvgIpc) is 3.10. The van der Waals surface area contributed by atoms with Crippen LogP contribution in [0.15, 0.2) is 66.2 Å². The normalized spacial score (nSPS) is 17.2. The number of ketones is 1. The molecule has 1 heterocycles. The van der Waals surface area contributed by atoms with E-state index in [1.165, 1.54) is 50.6 Å².